The minimum atomic E-state index is -3.65. The summed E-state index contributed by atoms with van der Waals surface area (Å²) >= 11 is 0. The third-order valence-corrected chi connectivity index (χ3v) is 4.74. The van der Waals surface area contributed by atoms with E-state index in [0.717, 1.165) is 18.2 Å². The molecule has 0 saturated carbocycles. The molecule has 1 aliphatic heterocycles. The number of non-ortho nitro benzene ring substituents is 1. The van der Waals surface area contributed by atoms with Crippen molar-refractivity contribution in [1.82, 2.24) is 0 Å². The molecule has 8 nitrogen and oxygen atoms in total. The topological polar surface area (TPSA) is 128 Å². The van der Waals surface area contributed by atoms with Crippen LogP contribution in [0.1, 0.15) is 17.5 Å². The summed E-state index contributed by atoms with van der Waals surface area (Å²) < 4.78 is 40.7. The normalized spacial score (nSPS) is 18.7. The van der Waals surface area contributed by atoms with Gasteiger partial charge in [0.05, 0.1) is 16.9 Å². The van der Waals surface area contributed by atoms with Gasteiger partial charge in [-0.05, 0) is 6.07 Å². The zero-order valence-corrected chi connectivity index (χ0v) is 15.5. The van der Waals surface area contributed by atoms with Crippen molar-refractivity contribution < 1.29 is 28.0 Å². The standard InChI is InChI=1S/C20H16F2N3O5/c21-20(22,12-29-9-8-23)16-11-19(18(24)26,13-4-2-1-3-5-13)30-17-7-6-14(25(27)28)10-15(16)17/h1-7,10H,9,11-12H2,(H2,24,26). The lowest BCUT2D eigenvalue weighted by Crippen LogP contribution is -2.52. The van der Waals surface area contributed by atoms with E-state index >= 15 is 8.78 Å². The van der Waals surface area contributed by atoms with E-state index in [1.807, 2.05) is 0 Å². The molecule has 1 aliphatic rings. The fourth-order valence-electron chi connectivity index (χ4n) is 3.31. The van der Waals surface area contributed by atoms with Gasteiger partial charge in [0.1, 0.15) is 19.0 Å². The smallest absolute Gasteiger partial charge is 0.281 e. The van der Waals surface area contributed by atoms with Crippen molar-refractivity contribution in [2.45, 2.75) is 17.9 Å². The number of hydrogen-bond acceptors (Lipinski definition) is 6. The number of amides is 1. The number of nitrogens with two attached hydrogens (primary N) is 1. The Morgan fingerprint density at radius 1 is 1.33 bits per heavy atom. The molecular weight excluding hydrogens is 400 g/mol. The summed E-state index contributed by atoms with van der Waals surface area (Å²) in [7, 11) is 0. The van der Waals surface area contributed by atoms with Gasteiger partial charge in [-0.15, -0.1) is 0 Å². The van der Waals surface area contributed by atoms with E-state index in [1.54, 1.807) is 24.3 Å². The molecule has 0 bridgehead atoms. The maximum Gasteiger partial charge on any atom is 0.281 e. The van der Waals surface area contributed by atoms with Crippen molar-refractivity contribution in [2.75, 3.05) is 13.2 Å². The summed E-state index contributed by atoms with van der Waals surface area (Å²) in [6.07, 6.45) is -0.649. The van der Waals surface area contributed by atoms with E-state index in [1.165, 1.54) is 12.1 Å². The third kappa shape index (κ3) is 3.79. The van der Waals surface area contributed by atoms with Gasteiger partial charge in [-0.2, -0.15) is 5.26 Å². The van der Waals surface area contributed by atoms with Crippen molar-refractivity contribution in [3.05, 3.63) is 75.7 Å². The predicted molar refractivity (Wildman–Crippen MR) is 99.4 cm³/mol. The molecule has 2 aromatic carbocycles. The number of alkyl halides is 2. The van der Waals surface area contributed by atoms with Crippen LogP contribution >= 0.6 is 0 Å². The van der Waals surface area contributed by atoms with Crippen LogP contribution < -0.4 is 10.5 Å². The van der Waals surface area contributed by atoms with Crippen LogP contribution in [-0.2, 0) is 15.1 Å². The van der Waals surface area contributed by atoms with Gasteiger partial charge in [-0.1, -0.05) is 30.3 Å². The fraction of sp³-hybridized carbons (Fsp3) is 0.250. The Balaban J connectivity index is 2.16. The van der Waals surface area contributed by atoms with E-state index in [0.29, 0.717) is 0 Å². The number of fused-ring (bicyclic) bond motifs is 1. The van der Waals surface area contributed by atoms with Crippen molar-refractivity contribution in [3.8, 4) is 11.8 Å². The molecule has 1 radical (unpaired) electrons. The Morgan fingerprint density at radius 3 is 2.63 bits per heavy atom. The van der Waals surface area contributed by atoms with Gasteiger partial charge in [0.2, 0.25) is 5.60 Å². The number of ether oxygens (including phenoxy) is 2. The number of primary amides is 1. The largest absolute Gasteiger partial charge is 0.472 e. The highest BCUT2D eigenvalue weighted by atomic mass is 19.3. The molecule has 0 fully saturated rings. The molecule has 3 rings (SSSR count). The first-order valence-corrected chi connectivity index (χ1v) is 8.73. The van der Waals surface area contributed by atoms with Crippen molar-refractivity contribution >= 4 is 11.6 Å². The number of nitro benzene ring substituents is 1. The number of nitro groups is 1. The Morgan fingerprint density at radius 2 is 2.03 bits per heavy atom. The highest BCUT2D eigenvalue weighted by molar-refractivity contribution is 5.87. The van der Waals surface area contributed by atoms with Gasteiger partial charge in [0.15, 0.2) is 0 Å². The molecule has 1 unspecified atom stereocenters. The van der Waals surface area contributed by atoms with Crippen molar-refractivity contribution in [1.29, 1.82) is 5.26 Å². The average molecular weight is 416 g/mol. The first-order valence-electron chi connectivity index (χ1n) is 8.73. The summed E-state index contributed by atoms with van der Waals surface area (Å²) in [6, 6.07) is 12.7. The van der Waals surface area contributed by atoms with Gasteiger partial charge in [-0.3, -0.25) is 14.9 Å². The minimum Gasteiger partial charge on any atom is -0.472 e. The van der Waals surface area contributed by atoms with Gasteiger partial charge < -0.3 is 15.2 Å². The van der Waals surface area contributed by atoms with Gasteiger partial charge in [-0.25, -0.2) is 8.78 Å². The molecule has 155 valence electrons. The minimum absolute atomic E-state index is 0.149. The number of nitriles is 1. The molecule has 2 N–H and O–H groups in total. The number of rotatable bonds is 7. The van der Waals surface area contributed by atoms with E-state index in [9.17, 15) is 14.9 Å². The fourth-order valence-corrected chi connectivity index (χ4v) is 3.31. The first kappa shape index (κ1) is 21.1. The van der Waals surface area contributed by atoms with Crippen molar-refractivity contribution in [2.24, 2.45) is 5.73 Å². The summed E-state index contributed by atoms with van der Waals surface area (Å²) in [5.41, 5.74) is 3.26. The second kappa shape index (κ2) is 8.04. The van der Waals surface area contributed by atoms with Crippen LogP contribution in [0, 0.1) is 27.4 Å². The summed E-state index contributed by atoms with van der Waals surface area (Å²) in [6.45, 7) is -1.72. The zero-order chi connectivity index (χ0) is 21.9. The summed E-state index contributed by atoms with van der Waals surface area (Å²) in [4.78, 5) is 22.9. The number of carbonyl (C=O) groups excluding carboxylic acids is 1. The predicted octanol–water partition coefficient (Wildman–Crippen LogP) is 2.86. The van der Waals surface area contributed by atoms with Crippen LogP contribution in [-0.4, -0.2) is 30.0 Å². The molecule has 1 atom stereocenters. The van der Waals surface area contributed by atoms with Crippen LogP contribution in [0.15, 0.2) is 48.5 Å². The molecule has 1 heterocycles. The lowest BCUT2D eigenvalue weighted by molar-refractivity contribution is -0.385. The van der Waals surface area contributed by atoms with E-state index in [4.69, 9.17) is 20.5 Å². The lowest BCUT2D eigenvalue weighted by Gasteiger charge is -2.42. The monoisotopic (exact) mass is 416 g/mol. The van der Waals surface area contributed by atoms with Crippen molar-refractivity contribution in [3.63, 3.8) is 0 Å². The lowest BCUT2D eigenvalue weighted by atomic mass is 9.75. The third-order valence-electron chi connectivity index (χ3n) is 4.74. The molecule has 30 heavy (non-hydrogen) atoms. The maximum atomic E-state index is 15.1. The van der Waals surface area contributed by atoms with Crippen LogP contribution in [0.2, 0.25) is 0 Å². The van der Waals surface area contributed by atoms with Crippen LogP contribution in [0.5, 0.6) is 5.75 Å². The Bertz CT molecular complexity index is 1010. The first-order chi connectivity index (χ1) is 14.2. The molecule has 10 heteroatoms. The van der Waals surface area contributed by atoms with Gasteiger partial charge in [0.25, 0.3) is 17.5 Å². The van der Waals surface area contributed by atoms with Gasteiger partial charge >= 0.3 is 0 Å². The van der Waals surface area contributed by atoms with Crippen LogP contribution in [0.3, 0.4) is 0 Å². The number of benzene rings is 2. The van der Waals surface area contributed by atoms with E-state index in [-0.39, 0.29) is 16.9 Å². The molecule has 0 saturated heterocycles. The number of hydrogen-bond donors (Lipinski definition) is 1. The quantitative estimate of drug-likeness (QED) is 0.420. The highest BCUT2D eigenvalue weighted by Gasteiger charge is 2.55. The second-order valence-electron chi connectivity index (χ2n) is 6.61. The Labute approximate surface area is 170 Å². The molecule has 2 aromatic rings. The van der Waals surface area contributed by atoms with Gasteiger partial charge in [0, 0.05) is 29.7 Å². The Hall–Kier alpha value is -3.58. The Kier molecular flexibility index (Phi) is 5.67. The number of carbonyl (C=O) groups is 1. The zero-order valence-electron chi connectivity index (χ0n) is 15.5. The molecule has 0 aliphatic carbocycles. The molecule has 1 amide bonds. The SMILES string of the molecule is N#CCOCC(F)(F)[C]1CC(C(N)=O)(c2ccccc2)Oc2ccc([N+](=O)[O-])cc21. The average Bonchev–Trinajstić information content (AvgIpc) is 2.73. The van der Waals surface area contributed by atoms with Crippen LogP contribution in [0.4, 0.5) is 14.5 Å². The van der Waals surface area contributed by atoms with E-state index in [2.05, 4.69) is 0 Å². The maximum absolute atomic E-state index is 15.1. The second-order valence-corrected chi connectivity index (χ2v) is 6.61. The molecule has 0 aromatic heterocycles. The number of halogens is 2. The van der Waals surface area contributed by atoms with E-state index < -0.39 is 53.6 Å². The summed E-state index contributed by atoms with van der Waals surface area (Å²) in [5, 5.41) is 19.7. The number of nitrogens with zero attached hydrogens (tertiary/aromatic N) is 2. The van der Waals surface area contributed by atoms with Crippen LogP contribution in [0.25, 0.3) is 0 Å². The highest BCUT2D eigenvalue weighted by Crippen LogP contribution is 2.51. The molecular formula is C20H16F2N3O5. The summed E-state index contributed by atoms with van der Waals surface area (Å²) in [5.74, 6) is -5.40. The molecule has 0 spiro atoms.